The van der Waals surface area contributed by atoms with Gasteiger partial charge in [0.1, 0.15) is 0 Å². The van der Waals surface area contributed by atoms with Crippen molar-refractivity contribution in [2.24, 2.45) is 5.92 Å². The average Bonchev–Trinajstić information content (AvgIpc) is 3.14. The maximum Gasteiger partial charge on any atom is 0.416 e. The number of hydrogen-bond donors (Lipinski definition) is 1. The van der Waals surface area contributed by atoms with Gasteiger partial charge in [0.05, 0.1) is 11.6 Å². The van der Waals surface area contributed by atoms with Crippen LogP contribution < -0.4 is 5.32 Å². The normalized spacial score (nSPS) is 22.8. The molecule has 2 atom stereocenters. The zero-order valence-corrected chi connectivity index (χ0v) is 18.1. The number of benzene rings is 1. The molecule has 0 radical (unpaired) electrons. The zero-order valence-electron chi connectivity index (χ0n) is 18.1. The molecule has 2 fully saturated rings. The SMILES string of the molecule is CN1CCCCC1C(=O)N1CCC(CC(=O)Nc2cc(C(C)(F)F)cc(C(F)(F)F)c2)C1. The first-order valence-corrected chi connectivity index (χ1v) is 10.7. The highest BCUT2D eigenvalue weighted by Gasteiger charge is 2.36. The molecule has 32 heavy (non-hydrogen) atoms. The van der Waals surface area contributed by atoms with Crippen molar-refractivity contribution in [2.75, 3.05) is 32.0 Å². The van der Waals surface area contributed by atoms with Crippen LogP contribution in [0, 0.1) is 5.92 Å². The lowest BCUT2D eigenvalue weighted by Gasteiger charge is -2.34. The molecule has 1 aromatic carbocycles. The minimum atomic E-state index is -4.82. The van der Waals surface area contributed by atoms with Crippen molar-refractivity contribution < 1.29 is 31.5 Å². The molecule has 0 spiro atoms. The molecule has 2 aliphatic rings. The Hall–Kier alpha value is -2.23. The molecule has 0 aromatic heterocycles. The Morgan fingerprint density at radius 3 is 2.34 bits per heavy atom. The Kier molecular flexibility index (Phi) is 7.12. The van der Waals surface area contributed by atoms with E-state index in [4.69, 9.17) is 0 Å². The molecule has 178 valence electrons. The standard InChI is InChI=1S/C22H28F5N3O2/c1-21(23,24)15-10-16(22(25,26)27)12-17(11-15)28-19(31)9-14-6-8-30(13-14)20(32)18-5-3-4-7-29(18)2/h10-12,14,18H,3-9,13H2,1-2H3,(H,28,31). The lowest BCUT2D eigenvalue weighted by atomic mass is 10.0. The number of nitrogens with one attached hydrogen (secondary N) is 1. The van der Waals surface area contributed by atoms with Gasteiger partial charge in [0.25, 0.3) is 5.92 Å². The number of anilines is 1. The van der Waals surface area contributed by atoms with Crippen molar-refractivity contribution in [1.82, 2.24) is 9.80 Å². The number of likely N-dealkylation sites (N-methyl/N-ethyl adjacent to an activating group) is 1. The fourth-order valence-electron chi connectivity index (χ4n) is 4.39. The summed E-state index contributed by atoms with van der Waals surface area (Å²) in [6.07, 6.45) is -1.36. The van der Waals surface area contributed by atoms with Crippen molar-refractivity contribution in [2.45, 2.75) is 57.2 Å². The Balaban J connectivity index is 1.62. The topological polar surface area (TPSA) is 52.7 Å². The molecule has 0 aliphatic carbocycles. The van der Waals surface area contributed by atoms with Gasteiger partial charge in [-0.3, -0.25) is 14.5 Å². The van der Waals surface area contributed by atoms with Crippen LogP contribution in [-0.2, 0) is 21.7 Å². The molecule has 1 aromatic rings. The van der Waals surface area contributed by atoms with E-state index in [2.05, 4.69) is 5.32 Å². The van der Waals surface area contributed by atoms with E-state index in [9.17, 15) is 31.5 Å². The van der Waals surface area contributed by atoms with Gasteiger partial charge in [-0.25, -0.2) is 8.78 Å². The van der Waals surface area contributed by atoms with Gasteiger partial charge < -0.3 is 10.2 Å². The first-order chi connectivity index (χ1) is 14.8. The Morgan fingerprint density at radius 1 is 1.03 bits per heavy atom. The smallest absolute Gasteiger partial charge is 0.341 e. The molecule has 5 nitrogen and oxygen atoms in total. The van der Waals surface area contributed by atoms with Gasteiger partial charge in [0.2, 0.25) is 11.8 Å². The molecule has 10 heteroatoms. The van der Waals surface area contributed by atoms with Gasteiger partial charge >= 0.3 is 6.18 Å². The predicted octanol–water partition coefficient (Wildman–Crippen LogP) is 4.48. The van der Waals surface area contributed by atoms with Crippen LogP contribution in [0.15, 0.2) is 18.2 Å². The Bertz CT molecular complexity index is 821. The molecule has 2 amide bonds. The molecule has 2 aliphatic heterocycles. The van der Waals surface area contributed by atoms with E-state index in [-0.39, 0.29) is 30.0 Å². The van der Waals surface area contributed by atoms with E-state index in [0.717, 1.165) is 31.9 Å². The summed E-state index contributed by atoms with van der Waals surface area (Å²) in [5, 5.41) is 2.32. The van der Waals surface area contributed by atoms with E-state index < -0.39 is 29.1 Å². The third-order valence-corrected chi connectivity index (χ3v) is 6.18. The van der Waals surface area contributed by atoms with E-state index in [0.29, 0.717) is 38.6 Å². The van der Waals surface area contributed by atoms with E-state index >= 15 is 0 Å². The summed E-state index contributed by atoms with van der Waals surface area (Å²) < 4.78 is 66.6. The molecule has 2 unspecified atom stereocenters. The monoisotopic (exact) mass is 461 g/mol. The Morgan fingerprint density at radius 2 is 1.72 bits per heavy atom. The number of nitrogens with zero attached hydrogens (tertiary/aromatic N) is 2. The number of rotatable bonds is 5. The van der Waals surface area contributed by atoms with Crippen molar-refractivity contribution in [3.05, 3.63) is 29.3 Å². The number of carbonyl (C=O) groups is 2. The summed E-state index contributed by atoms with van der Waals surface area (Å²) in [4.78, 5) is 29.0. The van der Waals surface area contributed by atoms with Crippen LogP contribution in [0.4, 0.5) is 27.6 Å². The van der Waals surface area contributed by atoms with Crippen molar-refractivity contribution >= 4 is 17.5 Å². The molecular formula is C22H28F5N3O2. The van der Waals surface area contributed by atoms with Gasteiger partial charge in [0, 0.05) is 37.7 Å². The summed E-state index contributed by atoms with van der Waals surface area (Å²) in [5.41, 5.74) is -2.39. The van der Waals surface area contributed by atoms with Crippen LogP contribution in [0.3, 0.4) is 0 Å². The summed E-state index contributed by atoms with van der Waals surface area (Å²) in [7, 11) is 1.92. The maximum absolute atomic E-state index is 13.6. The summed E-state index contributed by atoms with van der Waals surface area (Å²) in [6, 6.07) is 1.74. The second-order valence-corrected chi connectivity index (χ2v) is 8.87. The number of carbonyl (C=O) groups excluding carboxylic acids is 2. The maximum atomic E-state index is 13.6. The molecule has 3 rings (SSSR count). The Labute approximate surface area is 183 Å². The second-order valence-electron chi connectivity index (χ2n) is 8.87. The number of amides is 2. The summed E-state index contributed by atoms with van der Waals surface area (Å²) in [6.45, 7) is 2.29. The molecule has 1 N–H and O–H groups in total. The fourth-order valence-corrected chi connectivity index (χ4v) is 4.39. The van der Waals surface area contributed by atoms with E-state index in [1.807, 2.05) is 11.9 Å². The quantitative estimate of drug-likeness (QED) is 0.658. The molecule has 2 heterocycles. The van der Waals surface area contributed by atoms with Gasteiger partial charge in [-0.1, -0.05) is 6.42 Å². The number of likely N-dealkylation sites (tertiary alicyclic amines) is 2. The highest BCUT2D eigenvalue weighted by molar-refractivity contribution is 5.91. The minimum Gasteiger partial charge on any atom is -0.341 e. The molecule has 0 saturated carbocycles. The van der Waals surface area contributed by atoms with Crippen molar-refractivity contribution in [3.63, 3.8) is 0 Å². The second kappa shape index (κ2) is 9.33. The number of hydrogen-bond acceptors (Lipinski definition) is 3. The van der Waals surface area contributed by atoms with Crippen LogP contribution in [0.1, 0.15) is 50.2 Å². The fraction of sp³-hybridized carbons (Fsp3) is 0.636. The van der Waals surface area contributed by atoms with Gasteiger partial charge in [-0.15, -0.1) is 0 Å². The predicted molar refractivity (Wildman–Crippen MR) is 109 cm³/mol. The van der Waals surface area contributed by atoms with Gasteiger partial charge in [-0.05, 0) is 57.0 Å². The van der Waals surface area contributed by atoms with Crippen LogP contribution in [0.25, 0.3) is 0 Å². The lowest BCUT2D eigenvalue weighted by Crippen LogP contribution is -2.48. The average molecular weight is 461 g/mol. The van der Waals surface area contributed by atoms with Gasteiger partial charge in [-0.2, -0.15) is 13.2 Å². The van der Waals surface area contributed by atoms with E-state index in [1.54, 1.807) is 4.90 Å². The molecule has 2 saturated heterocycles. The number of halogens is 5. The highest BCUT2D eigenvalue weighted by atomic mass is 19.4. The third kappa shape index (κ3) is 5.96. The first-order valence-electron chi connectivity index (χ1n) is 10.7. The number of alkyl halides is 5. The third-order valence-electron chi connectivity index (χ3n) is 6.18. The van der Waals surface area contributed by atoms with Crippen LogP contribution in [-0.4, -0.2) is 54.3 Å². The largest absolute Gasteiger partial charge is 0.416 e. The summed E-state index contributed by atoms with van der Waals surface area (Å²) in [5.74, 6) is -4.14. The summed E-state index contributed by atoms with van der Waals surface area (Å²) >= 11 is 0. The van der Waals surface area contributed by atoms with Crippen molar-refractivity contribution in [1.29, 1.82) is 0 Å². The highest BCUT2D eigenvalue weighted by Crippen LogP contribution is 2.37. The van der Waals surface area contributed by atoms with Crippen LogP contribution in [0.2, 0.25) is 0 Å². The van der Waals surface area contributed by atoms with Crippen LogP contribution in [0.5, 0.6) is 0 Å². The van der Waals surface area contributed by atoms with E-state index in [1.165, 1.54) is 0 Å². The molecular weight excluding hydrogens is 433 g/mol. The number of piperidine rings is 1. The molecule has 0 bridgehead atoms. The lowest BCUT2D eigenvalue weighted by molar-refractivity contribution is -0.138. The van der Waals surface area contributed by atoms with Crippen molar-refractivity contribution in [3.8, 4) is 0 Å². The van der Waals surface area contributed by atoms with Crippen LogP contribution >= 0.6 is 0 Å². The minimum absolute atomic E-state index is 0.00160. The zero-order chi connectivity index (χ0) is 23.7. The van der Waals surface area contributed by atoms with Gasteiger partial charge in [0.15, 0.2) is 0 Å². The first kappa shape index (κ1) is 24.4.